The fraction of sp³-hybridized carbons (Fsp3) is 0.294. The van der Waals surface area contributed by atoms with Crippen molar-refractivity contribution in [2.24, 2.45) is 0 Å². The van der Waals surface area contributed by atoms with E-state index in [1.807, 2.05) is 6.07 Å². The van der Waals surface area contributed by atoms with Crippen LogP contribution in [0.5, 0.6) is 0 Å². The van der Waals surface area contributed by atoms with E-state index < -0.39 is 0 Å². The van der Waals surface area contributed by atoms with E-state index in [9.17, 15) is 4.39 Å². The Labute approximate surface area is 129 Å². The van der Waals surface area contributed by atoms with Crippen LogP contribution in [0.15, 0.2) is 48.5 Å². The molecule has 110 valence electrons. The predicted molar refractivity (Wildman–Crippen MR) is 85.4 cm³/mol. The van der Waals surface area contributed by atoms with E-state index in [4.69, 9.17) is 11.6 Å². The van der Waals surface area contributed by atoms with Gasteiger partial charge in [0.1, 0.15) is 5.82 Å². The van der Waals surface area contributed by atoms with Crippen LogP contribution in [0.4, 0.5) is 10.1 Å². The van der Waals surface area contributed by atoms with Crippen molar-refractivity contribution in [1.29, 1.82) is 0 Å². The third-order valence-corrected chi connectivity index (χ3v) is 4.16. The molecule has 0 spiro atoms. The molecule has 3 rings (SSSR count). The second-order valence-corrected chi connectivity index (χ2v) is 5.72. The highest BCUT2D eigenvalue weighted by atomic mass is 35.5. The quantitative estimate of drug-likeness (QED) is 0.901. The molecule has 1 saturated heterocycles. The highest BCUT2D eigenvalue weighted by Crippen LogP contribution is 2.26. The summed E-state index contributed by atoms with van der Waals surface area (Å²) in [5.74, 6) is -0.368. The van der Waals surface area contributed by atoms with Crippen LogP contribution in [0.3, 0.4) is 0 Å². The van der Waals surface area contributed by atoms with Crippen molar-refractivity contribution in [3.8, 4) is 0 Å². The first-order chi connectivity index (χ1) is 10.2. The van der Waals surface area contributed by atoms with E-state index in [-0.39, 0.29) is 16.9 Å². The SMILES string of the molecule is Fc1ccc(N2CCCNC(c3ccccc3)C2)cc1Cl. The van der Waals surface area contributed by atoms with Crippen LogP contribution in [0.1, 0.15) is 18.0 Å². The minimum Gasteiger partial charge on any atom is -0.370 e. The number of nitrogens with one attached hydrogen (secondary N) is 1. The summed E-state index contributed by atoms with van der Waals surface area (Å²) in [7, 11) is 0. The number of anilines is 1. The molecule has 0 aliphatic carbocycles. The molecule has 2 nitrogen and oxygen atoms in total. The van der Waals surface area contributed by atoms with Crippen LogP contribution in [0.25, 0.3) is 0 Å². The summed E-state index contributed by atoms with van der Waals surface area (Å²) in [4.78, 5) is 2.27. The number of hydrogen-bond donors (Lipinski definition) is 1. The van der Waals surface area contributed by atoms with Gasteiger partial charge in [0.25, 0.3) is 0 Å². The Bertz CT molecular complexity index is 603. The Morgan fingerprint density at radius 1 is 1.14 bits per heavy atom. The maximum absolute atomic E-state index is 13.3. The number of hydrogen-bond acceptors (Lipinski definition) is 2. The normalized spacial score (nSPS) is 19.3. The van der Waals surface area contributed by atoms with Gasteiger partial charge in [-0.2, -0.15) is 0 Å². The van der Waals surface area contributed by atoms with Crippen molar-refractivity contribution in [2.45, 2.75) is 12.5 Å². The first-order valence-electron chi connectivity index (χ1n) is 7.22. The number of benzene rings is 2. The molecular weight excluding hydrogens is 287 g/mol. The zero-order chi connectivity index (χ0) is 14.7. The van der Waals surface area contributed by atoms with E-state index >= 15 is 0 Å². The molecule has 0 aromatic heterocycles. The summed E-state index contributed by atoms with van der Waals surface area (Å²) in [5.41, 5.74) is 2.25. The van der Waals surface area contributed by atoms with E-state index in [0.717, 1.165) is 31.7 Å². The lowest BCUT2D eigenvalue weighted by molar-refractivity contribution is 0.570. The Kier molecular flexibility index (Phi) is 4.42. The maximum Gasteiger partial charge on any atom is 0.141 e. The minimum atomic E-state index is -0.368. The predicted octanol–water partition coefficient (Wildman–Crippen LogP) is 4.02. The van der Waals surface area contributed by atoms with E-state index in [1.165, 1.54) is 11.6 Å². The molecule has 2 aromatic rings. The molecule has 0 saturated carbocycles. The van der Waals surface area contributed by atoms with Gasteiger partial charge in [-0.15, -0.1) is 0 Å². The van der Waals surface area contributed by atoms with Crippen LogP contribution in [-0.4, -0.2) is 19.6 Å². The fourth-order valence-electron chi connectivity index (χ4n) is 2.75. The lowest BCUT2D eigenvalue weighted by Crippen LogP contribution is -2.31. The van der Waals surface area contributed by atoms with Gasteiger partial charge in [0.15, 0.2) is 0 Å². The zero-order valence-corrected chi connectivity index (χ0v) is 12.5. The molecule has 0 bridgehead atoms. The standard InChI is InChI=1S/C17H18ClFN2/c18-15-11-14(7-8-16(15)19)21-10-4-9-20-17(12-21)13-5-2-1-3-6-13/h1-3,5-8,11,17,20H,4,9-10,12H2. The maximum atomic E-state index is 13.3. The van der Waals surface area contributed by atoms with Crippen LogP contribution < -0.4 is 10.2 Å². The first kappa shape index (κ1) is 14.4. The van der Waals surface area contributed by atoms with E-state index in [0.29, 0.717) is 0 Å². The first-order valence-corrected chi connectivity index (χ1v) is 7.60. The Balaban J connectivity index is 1.83. The van der Waals surface area contributed by atoms with Crippen molar-refractivity contribution in [2.75, 3.05) is 24.5 Å². The second kappa shape index (κ2) is 6.46. The molecule has 0 radical (unpaired) electrons. The third kappa shape index (κ3) is 3.36. The largest absolute Gasteiger partial charge is 0.370 e. The summed E-state index contributed by atoms with van der Waals surface area (Å²) in [6, 6.07) is 15.6. The molecule has 1 fully saturated rings. The molecule has 0 amide bonds. The smallest absolute Gasteiger partial charge is 0.141 e. The van der Waals surface area contributed by atoms with Crippen molar-refractivity contribution < 1.29 is 4.39 Å². The molecule has 1 aliphatic rings. The highest BCUT2D eigenvalue weighted by molar-refractivity contribution is 6.31. The monoisotopic (exact) mass is 304 g/mol. The van der Waals surface area contributed by atoms with Gasteiger partial charge in [0.2, 0.25) is 0 Å². The van der Waals surface area contributed by atoms with Gasteiger partial charge in [0, 0.05) is 24.8 Å². The van der Waals surface area contributed by atoms with Crippen LogP contribution >= 0.6 is 11.6 Å². The van der Waals surface area contributed by atoms with Crippen LogP contribution in [0.2, 0.25) is 5.02 Å². The zero-order valence-electron chi connectivity index (χ0n) is 11.7. The number of halogens is 2. The molecular formula is C17H18ClFN2. The summed E-state index contributed by atoms with van der Waals surface area (Å²) in [5, 5.41) is 3.76. The van der Waals surface area contributed by atoms with Gasteiger partial charge in [-0.05, 0) is 36.7 Å². The van der Waals surface area contributed by atoms with Gasteiger partial charge < -0.3 is 10.2 Å². The van der Waals surface area contributed by atoms with Crippen molar-refractivity contribution in [3.63, 3.8) is 0 Å². The molecule has 1 aliphatic heterocycles. The van der Waals surface area contributed by atoms with Gasteiger partial charge >= 0.3 is 0 Å². The topological polar surface area (TPSA) is 15.3 Å². The van der Waals surface area contributed by atoms with Crippen LogP contribution in [-0.2, 0) is 0 Å². The average Bonchev–Trinajstić information content (AvgIpc) is 2.77. The lowest BCUT2D eigenvalue weighted by atomic mass is 10.1. The second-order valence-electron chi connectivity index (χ2n) is 5.32. The molecule has 4 heteroatoms. The average molecular weight is 305 g/mol. The van der Waals surface area contributed by atoms with Crippen molar-refractivity contribution in [1.82, 2.24) is 5.32 Å². The number of nitrogens with zero attached hydrogens (tertiary/aromatic N) is 1. The fourth-order valence-corrected chi connectivity index (χ4v) is 2.92. The van der Waals surface area contributed by atoms with Gasteiger partial charge in [-0.3, -0.25) is 0 Å². The Morgan fingerprint density at radius 3 is 2.71 bits per heavy atom. The molecule has 1 atom stereocenters. The molecule has 1 heterocycles. The molecule has 2 aromatic carbocycles. The van der Waals surface area contributed by atoms with Crippen molar-refractivity contribution in [3.05, 3.63) is 64.9 Å². The summed E-state index contributed by atoms with van der Waals surface area (Å²) in [6.45, 7) is 2.77. The minimum absolute atomic E-state index is 0.181. The van der Waals surface area contributed by atoms with Crippen LogP contribution in [0, 0.1) is 5.82 Å². The van der Waals surface area contributed by atoms with Gasteiger partial charge in [0.05, 0.1) is 5.02 Å². The Hall–Kier alpha value is -1.58. The lowest BCUT2D eigenvalue weighted by Gasteiger charge is -2.27. The number of rotatable bonds is 2. The summed E-state index contributed by atoms with van der Waals surface area (Å²) >= 11 is 5.91. The van der Waals surface area contributed by atoms with E-state index in [1.54, 1.807) is 12.1 Å². The highest BCUT2D eigenvalue weighted by Gasteiger charge is 2.19. The molecule has 1 unspecified atom stereocenters. The van der Waals surface area contributed by atoms with Gasteiger partial charge in [-0.25, -0.2) is 4.39 Å². The third-order valence-electron chi connectivity index (χ3n) is 3.87. The van der Waals surface area contributed by atoms with Gasteiger partial charge in [-0.1, -0.05) is 41.9 Å². The van der Waals surface area contributed by atoms with E-state index in [2.05, 4.69) is 34.5 Å². The summed E-state index contributed by atoms with van der Waals surface area (Å²) in [6.07, 6.45) is 1.05. The summed E-state index contributed by atoms with van der Waals surface area (Å²) < 4.78 is 13.3. The molecule has 1 N–H and O–H groups in total. The van der Waals surface area contributed by atoms with Crippen molar-refractivity contribution >= 4 is 17.3 Å². The Morgan fingerprint density at radius 2 is 1.95 bits per heavy atom. The molecule has 21 heavy (non-hydrogen) atoms.